The van der Waals surface area contributed by atoms with E-state index in [9.17, 15) is 19.5 Å². The third-order valence-corrected chi connectivity index (χ3v) is 18.0. The minimum atomic E-state index is -2.69. The van der Waals surface area contributed by atoms with Crippen LogP contribution in [-0.4, -0.2) is 82.3 Å². The summed E-state index contributed by atoms with van der Waals surface area (Å²) in [5.41, 5.74) is 2.86. The molecule has 69 heavy (non-hydrogen) atoms. The molecule has 1 fully saturated rings. The number of hydrogen-bond acceptors (Lipinski definition) is 9. The van der Waals surface area contributed by atoms with E-state index in [0.717, 1.165) is 16.3 Å². The predicted octanol–water partition coefficient (Wildman–Crippen LogP) is 8.39. The number of aliphatic hydroxyl groups is 1. The molecule has 0 bridgehead atoms. The number of hydrogen-bond donors (Lipinski definition) is 3. The smallest absolute Gasteiger partial charge is 0.264 e. The van der Waals surface area contributed by atoms with Crippen LogP contribution in [0.3, 0.4) is 0 Å². The van der Waals surface area contributed by atoms with Gasteiger partial charge in [0.15, 0.2) is 5.60 Å². The Balaban J connectivity index is 1.19. The highest BCUT2D eigenvalue weighted by Gasteiger charge is 2.66. The van der Waals surface area contributed by atoms with Crippen LogP contribution in [0.4, 0.5) is 17.1 Å². The van der Waals surface area contributed by atoms with Crippen molar-refractivity contribution in [1.82, 2.24) is 4.90 Å². The molecule has 6 aromatic carbocycles. The topological polar surface area (TPSA) is 156 Å². The molecule has 1 saturated heterocycles. The summed E-state index contributed by atoms with van der Waals surface area (Å²) in [6, 6.07) is 44.1. The van der Waals surface area contributed by atoms with Crippen molar-refractivity contribution in [2.24, 2.45) is 5.92 Å². The van der Waals surface area contributed by atoms with Crippen LogP contribution in [0.5, 0.6) is 17.2 Å². The van der Waals surface area contributed by atoms with E-state index in [1.807, 2.05) is 79.7 Å². The second kappa shape index (κ2) is 20.5. The summed E-state index contributed by atoms with van der Waals surface area (Å²) in [5.74, 6) is 0.340. The van der Waals surface area contributed by atoms with Gasteiger partial charge in [-0.05, 0) is 108 Å². The number of nitrogens with one attached hydrogen (secondary N) is 2. The molecule has 0 saturated carbocycles. The first-order valence-corrected chi connectivity index (χ1v) is 26.1. The Labute approximate surface area is 404 Å². The van der Waals surface area contributed by atoms with E-state index in [4.69, 9.17) is 18.9 Å². The van der Waals surface area contributed by atoms with E-state index < -0.39 is 25.7 Å². The number of anilines is 3. The second-order valence-corrected chi connectivity index (χ2v) is 22.8. The SMILES string of the molecule is COc1ccc(C(=O)Nc2cccc(CN3C(=O)[C@@]4(O[C@@H](CC(=O)N(CCO)Cc5ccccc5)[C@H]([Si](C)(C)c5ccc(OC)cc5)[C@H]4C)c4cc(NC(=O)c5ccc(OC)cc5)ccc43)c2)cc1. The van der Waals surface area contributed by atoms with Crippen molar-refractivity contribution in [3.63, 3.8) is 0 Å². The number of methoxy groups -OCH3 is 3. The molecule has 2 aliphatic heterocycles. The van der Waals surface area contributed by atoms with Crippen LogP contribution in [0.25, 0.3) is 0 Å². The van der Waals surface area contributed by atoms with Crippen molar-refractivity contribution >= 4 is 54.0 Å². The number of rotatable bonds is 17. The lowest BCUT2D eigenvalue weighted by Crippen LogP contribution is -2.52. The Morgan fingerprint density at radius 2 is 1.26 bits per heavy atom. The Hall–Kier alpha value is -7.26. The molecule has 1 spiro atoms. The molecule has 6 aromatic rings. The van der Waals surface area contributed by atoms with Crippen LogP contribution in [0.15, 0.2) is 146 Å². The molecule has 0 aliphatic carbocycles. The van der Waals surface area contributed by atoms with E-state index in [2.05, 4.69) is 35.9 Å². The van der Waals surface area contributed by atoms with Crippen molar-refractivity contribution in [3.05, 3.63) is 173 Å². The summed E-state index contributed by atoms with van der Waals surface area (Å²) in [6.45, 7) is 6.87. The second-order valence-electron chi connectivity index (χ2n) is 18.1. The van der Waals surface area contributed by atoms with Gasteiger partial charge in [-0.2, -0.15) is 0 Å². The van der Waals surface area contributed by atoms with Gasteiger partial charge in [0.2, 0.25) is 5.91 Å². The van der Waals surface area contributed by atoms with Crippen molar-refractivity contribution in [3.8, 4) is 17.2 Å². The largest absolute Gasteiger partial charge is 0.497 e. The van der Waals surface area contributed by atoms with Gasteiger partial charge in [-0.3, -0.25) is 19.2 Å². The molecule has 4 atom stereocenters. The lowest BCUT2D eigenvalue weighted by atomic mass is 9.82. The predicted molar refractivity (Wildman–Crippen MR) is 269 cm³/mol. The van der Waals surface area contributed by atoms with Crippen molar-refractivity contribution in [2.75, 3.05) is 50.0 Å². The minimum absolute atomic E-state index is 0.0391. The molecule has 14 heteroatoms. The molecule has 2 heterocycles. The van der Waals surface area contributed by atoms with Crippen LogP contribution in [0.2, 0.25) is 18.6 Å². The number of carbonyl (C=O) groups excluding carboxylic acids is 4. The first kappa shape index (κ1) is 48.2. The van der Waals surface area contributed by atoms with Crippen LogP contribution >= 0.6 is 0 Å². The van der Waals surface area contributed by atoms with Gasteiger partial charge >= 0.3 is 0 Å². The average Bonchev–Trinajstić information content (AvgIpc) is 3.79. The maximum atomic E-state index is 15.8. The normalized spacial score (nSPS) is 18.4. The van der Waals surface area contributed by atoms with Crippen LogP contribution < -0.4 is 34.9 Å². The Morgan fingerprint density at radius 3 is 1.83 bits per heavy atom. The Bertz CT molecular complexity index is 2810. The summed E-state index contributed by atoms with van der Waals surface area (Å²) in [7, 11) is 2.06. The molecular weight excluding hydrogens is 889 g/mol. The van der Waals surface area contributed by atoms with Crippen LogP contribution in [0, 0.1) is 5.92 Å². The lowest BCUT2D eigenvalue weighted by Gasteiger charge is -2.37. The summed E-state index contributed by atoms with van der Waals surface area (Å²) in [4.78, 5) is 60.9. The molecule has 4 amide bonds. The minimum Gasteiger partial charge on any atom is -0.497 e. The van der Waals surface area contributed by atoms with Gasteiger partial charge in [-0.1, -0.05) is 79.8 Å². The molecule has 3 N–H and O–H groups in total. The molecule has 0 radical (unpaired) electrons. The monoisotopic (exact) mass is 946 g/mol. The number of benzene rings is 6. The number of nitrogens with zero attached hydrogens (tertiary/aromatic N) is 2. The third-order valence-electron chi connectivity index (χ3n) is 13.6. The van der Waals surface area contributed by atoms with Gasteiger partial charge in [-0.15, -0.1) is 0 Å². The van der Waals surface area contributed by atoms with Gasteiger partial charge in [0.25, 0.3) is 17.7 Å². The number of carbonyl (C=O) groups is 4. The summed E-state index contributed by atoms with van der Waals surface area (Å²) >= 11 is 0. The number of ether oxygens (including phenoxy) is 4. The zero-order valence-electron chi connectivity index (χ0n) is 39.7. The van der Waals surface area contributed by atoms with Gasteiger partial charge in [0.1, 0.15) is 17.2 Å². The van der Waals surface area contributed by atoms with E-state index in [-0.39, 0.29) is 55.3 Å². The fraction of sp³-hybridized carbons (Fsp3) is 0.273. The molecule has 0 aromatic heterocycles. The molecule has 0 unspecified atom stereocenters. The number of amides is 4. The van der Waals surface area contributed by atoms with Gasteiger partial charge in [0.05, 0.1) is 60.8 Å². The van der Waals surface area contributed by atoms with Crippen LogP contribution in [-0.2, 0) is 33.0 Å². The summed E-state index contributed by atoms with van der Waals surface area (Å²) in [5, 5.41) is 17.3. The molecule has 8 rings (SSSR count). The highest BCUT2D eigenvalue weighted by molar-refractivity contribution is 6.91. The maximum Gasteiger partial charge on any atom is 0.264 e. The Kier molecular flexibility index (Phi) is 14.3. The van der Waals surface area contributed by atoms with Crippen molar-refractivity contribution in [2.45, 2.75) is 56.8 Å². The molecule has 13 nitrogen and oxygen atoms in total. The lowest BCUT2D eigenvalue weighted by molar-refractivity contribution is -0.150. The third kappa shape index (κ3) is 9.87. The fourth-order valence-corrected chi connectivity index (χ4v) is 14.1. The number of fused-ring (bicyclic) bond motifs is 2. The Morgan fingerprint density at radius 1 is 0.710 bits per heavy atom. The quantitative estimate of drug-likeness (QED) is 0.0765. The van der Waals surface area contributed by atoms with E-state index >= 15 is 4.79 Å². The zero-order valence-corrected chi connectivity index (χ0v) is 40.7. The van der Waals surface area contributed by atoms with E-state index in [1.165, 1.54) is 0 Å². The molecule has 356 valence electrons. The van der Waals surface area contributed by atoms with Crippen molar-refractivity contribution < 1.29 is 43.2 Å². The first-order valence-electron chi connectivity index (χ1n) is 23.0. The van der Waals surface area contributed by atoms with Crippen molar-refractivity contribution in [1.29, 1.82) is 0 Å². The first-order chi connectivity index (χ1) is 33.3. The maximum absolute atomic E-state index is 15.8. The highest BCUT2D eigenvalue weighted by Crippen LogP contribution is 2.60. The van der Waals surface area contributed by atoms with E-state index in [1.54, 1.807) is 91.8 Å². The molecular formula is C55H58N4O9Si. The summed E-state index contributed by atoms with van der Waals surface area (Å²) in [6.07, 6.45) is -0.762. The average molecular weight is 947 g/mol. The number of aliphatic hydroxyl groups excluding tert-OH is 1. The standard InChI is InChI=1S/C55H58N4O9Si/c1-36-51(69(5,6)46-26-24-45(67-4)25-27-46)49(33-50(61)58(29-30-60)34-37-11-8-7-9-12-37)68-55(36)47-32-42(57-53(63)40-17-22-44(66-3)23-18-40)19-28-48(47)59(54(55)64)35-38-13-10-14-41(31-38)56-52(62)39-15-20-43(65-2)21-16-39/h7-28,31-32,36,49,51,60H,29-30,33-35H2,1-6H3,(H,56,62)(H,57,63)/t36-,49+,51-,55+/m1/s1. The zero-order chi connectivity index (χ0) is 48.9. The highest BCUT2D eigenvalue weighted by atomic mass is 28.3. The molecule has 2 aliphatic rings. The van der Waals surface area contributed by atoms with Gasteiger partial charge < -0.3 is 44.5 Å². The van der Waals surface area contributed by atoms with E-state index in [0.29, 0.717) is 57.5 Å². The fourth-order valence-electron chi connectivity index (χ4n) is 10.1. The summed E-state index contributed by atoms with van der Waals surface area (Å²) < 4.78 is 23.5. The van der Waals surface area contributed by atoms with Gasteiger partial charge in [-0.25, -0.2) is 0 Å². The van der Waals surface area contributed by atoms with Crippen LogP contribution in [0.1, 0.15) is 50.8 Å². The van der Waals surface area contributed by atoms with Gasteiger partial charge in [0, 0.05) is 47.1 Å².